The minimum Gasteiger partial charge on any atom is -0.339 e. The van der Waals surface area contributed by atoms with E-state index in [1.807, 2.05) is 38.1 Å². The van der Waals surface area contributed by atoms with Gasteiger partial charge in [0.1, 0.15) is 11.9 Å². The van der Waals surface area contributed by atoms with Crippen molar-refractivity contribution in [3.8, 4) is 6.07 Å². The van der Waals surface area contributed by atoms with E-state index in [2.05, 4.69) is 29.4 Å². The minimum absolute atomic E-state index is 0.608. The van der Waals surface area contributed by atoms with Gasteiger partial charge in [-0.3, -0.25) is 0 Å². The first-order valence-corrected chi connectivity index (χ1v) is 6.39. The summed E-state index contributed by atoms with van der Waals surface area (Å²) in [7, 11) is 0. The fourth-order valence-corrected chi connectivity index (χ4v) is 2.15. The zero-order chi connectivity index (χ0) is 13.8. The molecular formula is C16H17N3. The van der Waals surface area contributed by atoms with E-state index in [9.17, 15) is 5.26 Å². The first-order valence-electron chi connectivity index (χ1n) is 6.39. The van der Waals surface area contributed by atoms with Gasteiger partial charge in [-0.1, -0.05) is 25.1 Å². The second-order valence-electron chi connectivity index (χ2n) is 4.55. The van der Waals surface area contributed by atoms with Gasteiger partial charge >= 0.3 is 0 Å². The summed E-state index contributed by atoms with van der Waals surface area (Å²) < 4.78 is 0. The second-order valence-corrected chi connectivity index (χ2v) is 4.55. The fourth-order valence-electron chi connectivity index (χ4n) is 2.15. The third-order valence-corrected chi connectivity index (χ3v) is 3.11. The van der Waals surface area contributed by atoms with Crippen molar-refractivity contribution in [1.82, 2.24) is 4.98 Å². The molecular weight excluding hydrogens is 234 g/mol. The number of nitriles is 1. The minimum atomic E-state index is 0.608. The van der Waals surface area contributed by atoms with Crippen LogP contribution >= 0.6 is 0 Å². The Balaban J connectivity index is 2.47. The monoisotopic (exact) mass is 251 g/mol. The normalized spacial score (nSPS) is 10.0. The van der Waals surface area contributed by atoms with E-state index in [4.69, 9.17) is 0 Å². The highest BCUT2D eigenvalue weighted by atomic mass is 15.0. The van der Waals surface area contributed by atoms with E-state index in [0.717, 1.165) is 23.4 Å². The van der Waals surface area contributed by atoms with E-state index in [-0.39, 0.29) is 0 Å². The zero-order valence-corrected chi connectivity index (χ0v) is 11.5. The van der Waals surface area contributed by atoms with Gasteiger partial charge in [-0.15, -0.1) is 0 Å². The lowest BCUT2D eigenvalue weighted by Crippen LogP contribution is -2.02. The largest absolute Gasteiger partial charge is 0.339 e. The molecule has 3 heteroatoms. The van der Waals surface area contributed by atoms with Gasteiger partial charge in [-0.2, -0.15) is 5.26 Å². The molecule has 0 atom stereocenters. The Morgan fingerprint density at radius 2 is 2.00 bits per heavy atom. The molecule has 2 rings (SSSR count). The highest BCUT2D eigenvalue weighted by Crippen LogP contribution is 2.24. The Kier molecular flexibility index (Phi) is 3.82. The Morgan fingerprint density at radius 1 is 1.26 bits per heavy atom. The summed E-state index contributed by atoms with van der Waals surface area (Å²) in [5.74, 6) is 0.640. The average Bonchev–Trinajstić information content (AvgIpc) is 2.39. The van der Waals surface area contributed by atoms with Crippen molar-refractivity contribution in [3.05, 3.63) is 52.7 Å². The molecule has 0 radical (unpaired) electrons. The molecule has 0 aliphatic carbocycles. The Labute approximate surface area is 113 Å². The van der Waals surface area contributed by atoms with Crippen molar-refractivity contribution < 1.29 is 0 Å². The maximum Gasteiger partial charge on any atom is 0.148 e. The Bertz CT molecular complexity index is 639. The summed E-state index contributed by atoms with van der Waals surface area (Å²) in [5.41, 5.74) is 4.70. The van der Waals surface area contributed by atoms with Crippen molar-refractivity contribution in [2.24, 2.45) is 0 Å². The number of benzene rings is 1. The van der Waals surface area contributed by atoms with Crippen LogP contribution in [-0.2, 0) is 6.42 Å². The molecule has 0 aliphatic heterocycles. The van der Waals surface area contributed by atoms with Crippen LogP contribution in [0.25, 0.3) is 0 Å². The van der Waals surface area contributed by atoms with Gasteiger partial charge in [-0.25, -0.2) is 4.98 Å². The van der Waals surface area contributed by atoms with Crippen LogP contribution in [0.2, 0.25) is 0 Å². The van der Waals surface area contributed by atoms with Crippen LogP contribution in [0.5, 0.6) is 0 Å². The summed E-state index contributed by atoms with van der Waals surface area (Å²) in [4.78, 5) is 4.44. The molecule has 1 aromatic carbocycles. The Morgan fingerprint density at radius 3 is 2.68 bits per heavy atom. The summed E-state index contributed by atoms with van der Waals surface area (Å²) in [6.07, 6.45) is 0.940. The summed E-state index contributed by atoms with van der Waals surface area (Å²) in [6.45, 7) is 5.98. The summed E-state index contributed by atoms with van der Waals surface area (Å²) >= 11 is 0. The molecule has 1 aromatic heterocycles. The molecule has 96 valence electrons. The molecule has 2 aromatic rings. The van der Waals surface area contributed by atoms with Crippen LogP contribution in [-0.4, -0.2) is 4.98 Å². The second kappa shape index (κ2) is 5.53. The molecule has 0 aliphatic rings. The number of hydrogen-bond acceptors (Lipinski definition) is 3. The highest BCUT2D eigenvalue weighted by Gasteiger charge is 2.09. The Hall–Kier alpha value is -2.34. The third-order valence-electron chi connectivity index (χ3n) is 3.11. The summed E-state index contributed by atoms with van der Waals surface area (Å²) in [6, 6.07) is 12.2. The molecule has 1 heterocycles. The van der Waals surface area contributed by atoms with Crippen LogP contribution in [0.1, 0.15) is 29.3 Å². The lowest BCUT2D eigenvalue weighted by atomic mass is 10.1. The first kappa shape index (κ1) is 13.1. The standard InChI is InChI=1S/C16H17N3/c1-4-13-7-5-6-8-15(13)19-16-14(10-17)11(2)9-12(3)18-16/h5-9H,4H2,1-3H3,(H,18,19). The smallest absolute Gasteiger partial charge is 0.148 e. The van der Waals surface area contributed by atoms with Gasteiger partial charge in [0.15, 0.2) is 0 Å². The van der Waals surface area contributed by atoms with Crippen molar-refractivity contribution in [2.75, 3.05) is 5.32 Å². The molecule has 0 fully saturated rings. The topological polar surface area (TPSA) is 48.7 Å². The van der Waals surface area contributed by atoms with Gasteiger partial charge in [0, 0.05) is 11.4 Å². The van der Waals surface area contributed by atoms with E-state index in [1.54, 1.807) is 0 Å². The van der Waals surface area contributed by atoms with E-state index in [0.29, 0.717) is 11.4 Å². The van der Waals surface area contributed by atoms with Gasteiger partial charge < -0.3 is 5.32 Å². The SMILES string of the molecule is CCc1ccccc1Nc1nc(C)cc(C)c1C#N. The predicted octanol–water partition coefficient (Wildman–Crippen LogP) is 3.88. The molecule has 0 spiro atoms. The van der Waals surface area contributed by atoms with Crippen molar-refractivity contribution in [3.63, 3.8) is 0 Å². The molecule has 0 unspecified atom stereocenters. The number of hydrogen-bond donors (Lipinski definition) is 1. The lowest BCUT2D eigenvalue weighted by molar-refractivity contribution is 1.12. The van der Waals surface area contributed by atoms with Gasteiger partial charge in [0.05, 0.1) is 5.56 Å². The predicted molar refractivity (Wildman–Crippen MR) is 77.5 cm³/mol. The van der Waals surface area contributed by atoms with Crippen LogP contribution < -0.4 is 5.32 Å². The van der Waals surface area contributed by atoms with Gasteiger partial charge in [0.2, 0.25) is 0 Å². The highest BCUT2D eigenvalue weighted by molar-refractivity contribution is 5.67. The average molecular weight is 251 g/mol. The molecule has 0 saturated carbocycles. The molecule has 0 bridgehead atoms. The van der Waals surface area contributed by atoms with Crippen molar-refractivity contribution >= 4 is 11.5 Å². The molecule has 1 N–H and O–H groups in total. The van der Waals surface area contributed by atoms with Crippen molar-refractivity contribution in [2.45, 2.75) is 27.2 Å². The van der Waals surface area contributed by atoms with Crippen LogP contribution in [0.3, 0.4) is 0 Å². The number of nitrogens with zero attached hydrogens (tertiary/aromatic N) is 2. The van der Waals surface area contributed by atoms with E-state index < -0.39 is 0 Å². The molecule has 0 saturated heterocycles. The quantitative estimate of drug-likeness (QED) is 0.900. The zero-order valence-electron chi connectivity index (χ0n) is 11.5. The number of anilines is 2. The van der Waals surface area contributed by atoms with E-state index >= 15 is 0 Å². The lowest BCUT2D eigenvalue weighted by Gasteiger charge is -2.13. The van der Waals surface area contributed by atoms with Crippen LogP contribution in [0.15, 0.2) is 30.3 Å². The fraction of sp³-hybridized carbons (Fsp3) is 0.250. The molecule has 0 amide bonds. The van der Waals surface area contributed by atoms with Crippen molar-refractivity contribution in [1.29, 1.82) is 5.26 Å². The van der Waals surface area contributed by atoms with Gasteiger partial charge in [0.25, 0.3) is 0 Å². The van der Waals surface area contributed by atoms with Crippen LogP contribution in [0.4, 0.5) is 11.5 Å². The number of pyridine rings is 1. The maximum atomic E-state index is 9.26. The van der Waals surface area contributed by atoms with Gasteiger partial charge in [-0.05, 0) is 43.5 Å². The molecule has 3 nitrogen and oxygen atoms in total. The number of para-hydroxylation sites is 1. The number of aromatic nitrogens is 1. The number of aryl methyl sites for hydroxylation is 3. The summed E-state index contributed by atoms with van der Waals surface area (Å²) in [5, 5.41) is 12.6. The third kappa shape index (κ3) is 2.74. The molecule has 19 heavy (non-hydrogen) atoms. The van der Waals surface area contributed by atoms with Crippen LogP contribution in [0, 0.1) is 25.2 Å². The first-order chi connectivity index (χ1) is 9.15. The van der Waals surface area contributed by atoms with E-state index in [1.165, 1.54) is 5.56 Å². The maximum absolute atomic E-state index is 9.26. The number of rotatable bonds is 3. The number of nitrogens with one attached hydrogen (secondary N) is 1.